The van der Waals surface area contributed by atoms with Crippen molar-refractivity contribution in [3.63, 3.8) is 0 Å². The summed E-state index contributed by atoms with van der Waals surface area (Å²) < 4.78 is 12.3. The van der Waals surface area contributed by atoms with Gasteiger partial charge in [0.15, 0.2) is 11.6 Å². The molecule has 152 valence electrons. The Bertz CT molecular complexity index is 1300. The standard InChI is InChI=1S/C21H18N4O4S/c1-12-6-4-8-16-23-14(10-17(26)25(12)16)11-29-21(27)18-13(2)22-19(24-20(18)30-3)15-7-5-9-28-15/h4-10H,11H2,1-3H3. The van der Waals surface area contributed by atoms with Crippen LogP contribution in [0.4, 0.5) is 0 Å². The molecule has 0 saturated carbocycles. The first-order chi connectivity index (χ1) is 14.5. The van der Waals surface area contributed by atoms with Crippen molar-refractivity contribution in [2.75, 3.05) is 6.26 Å². The van der Waals surface area contributed by atoms with Gasteiger partial charge in [0, 0.05) is 11.8 Å². The number of esters is 1. The normalized spacial score (nSPS) is 11.0. The summed E-state index contributed by atoms with van der Waals surface area (Å²) in [5.74, 6) is 0.344. The molecule has 0 unspecified atom stereocenters. The van der Waals surface area contributed by atoms with E-state index in [2.05, 4.69) is 15.0 Å². The maximum absolute atomic E-state index is 12.8. The van der Waals surface area contributed by atoms with Gasteiger partial charge in [0.1, 0.15) is 22.8 Å². The second-order valence-corrected chi connectivity index (χ2v) is 7.31. The van der Waals surface area contributed by atoms with Crippen LogP contribution in [-0.4, -0.2) is 31.6 Å². The van der Waals surface area contributed by atoms with Gasteiger partial charge in [0.25, 0.3) is 5.56 Å². The van der Waals surface area contributed by atoms with Crippen molar-refractivity contribution in [2.24, 2.45) is 0 Å². The van der Waals surface area contributed by atoms with E-state index < -0.39 is 5.97 Å². The molecule has 0 fully saturated rings. The topological polar surface area (TPSA) is 99.6 Å². The first kappa shape index (κ1) is 19.8. The summed E-state index contributed by atoms with van der Waals surface area (Å²) in [5.41, 5.74) is 2.19. The van der Waals surface area contributed by atoms with Crippen molar-refractivity contribution in [2.45, 2.75) is 25.5 Å². The van der Waals surface area contributed by atoms with Crippen LogP contribution >= 0.6 is 11.8 Å². The van der Waals surface area contributed by atoms with Gasteiger partial charge in [-0.3, -0.25) is 9.20 Å². The Morgan fingerprint density at radius 1 is 1.17 bits per heavy atom. The summed E-state index contributed by atoms with van der Waals surface area (Å²) >= 11 is 1.31. The van der Waals surface area contributed by atoms with Crippen LogP contribution in [0.15, 0.2) is 56.9 Å². The summed E-state index contributed by atoms with van der Waals surface area (Å²) in [7, 11) is 0. The highest BCUT2D eigenvalue weighted by Gasteiger charge is 2.21. The van der Waals surface area contributed by atoms with Crippen LogP contribution in [0.1, 0.15) is 27.4 Å². The largest absolute Gasteiger partial charge is 0.461 e. The Morgan fingerprint density at radius 3 is 2.73 bits per heavy atom. The van der Waals surface area contributed by atoms with E-state index in [0.29, 0.717) is 33.6 Å². The molecule has 0 aromatic carbocycles. The molecule has 4 aromatic heterocycles. The van der Waals surface area contributed by atoms with Crippen molar-refractivity contribution in [3.05, 3.63) is 75.7 Å². The van der Waals surface area contributed by atoms with Gasteiger partial charge < -0.3 is 9.15 Å². The number of nitrogens with zero attached hydrogens (tertiary/aromatic N) is 4. The number of hydrogen-bond acceptors (Lipinski definition) is 8. The van der Waals surface area contributed by atoms with Gasteiger partial charge in [0.05, 0.1) is 17.7 Å². The summed E-state index contributed by atoms with van der Waals surface area (Å²) in [6.45, 7) is 3.41. The van der Waals surface area contributed by atoms with Crippen molar-refractivity contribution < 1.29 is 13.9 Å². The van der Waals surface area contributed by atoms with Gasteiger partial charge in [-0.25, -0.2) is 19.7 Å². The first-order valence-corrected chi connectivity index (χ1v) is 10.3. The minimum absolute atomic E-state index is 0.133. The number of pyridine rings is 1. The van der Waals surface area contributed by atoms with Crippen LogP contribution in [0.2, 0.25) is 0 Å². The minimum atomic E-state index is -0.575. The number of rotatable bonds is 5. The minimum Gasteiger partial charge on any atom is -0.461 e. The Balaban J connectivity index is 1.60. The molecule has 0 aliphatic rings. The number of fused-ring (bicyclic) bond motifs is 1. The van der Waals surface area contributed by atoms with Crippen LogP contribution in [0.5, 0.6) is 0 Å². The lowest BCUT2D eigenvalue weighted by atomic mass is 10.2. The second kappa shape index (κ2) is 8.11. The molecule has 0 spiro atoms. The van der Waals surface area contributed by atoms with Gasteiger partial charge in [-0.05, 0) is 44.4 Å². The van der Waals surface area contributed by atoms with Gasteiger partial charge in [-0.15, -0.1) is 11.8 Å². The third-order valence-corrected chi connectivity index (χ3v) is 5.16. The molecule has 0 N–H and O–H groups in total. The number of thioether (sulfide) groups is 1. The highest BCUT2D eigenvalue weighted by atomic mass is 32.2. The van der Waals surface area contributed by atoms with Crippen molar-refractivity contribution in [1.29, 1.82) is 0 Å². The van der Waals surface area contributed by atoms with Crippen LogP contribution in [0.3, 0.4) is 0 Å². The smallest absolute Gasteiger partial charge is 0.343 e. The molecule has 0 saturated heterocycles. The molecule has 0 aliphatic heterocycles. The van der Waals surface area contributed by atoms with Crippen molar-refractivity contribution in [1.82, 2.24) is 19.4 Å². The highest BCUT2D eigenvalue weighted by molar-refractivity contribution is 7.98. The zero-order valence-corrected chi connectivity index (χ0v) is 17.4. The predicted molar refractivity (Wildman–Crippen MR) is 112 cm³/mol. The summed E-state index contributed by atoms with van der Waals surface area (Å²) in [4.78, 5) is 38.4. The van der Waals surface area contributed by atoms with Gasteiger partial charge in [0.2, 0.25) is 0 Å². The average molecular weight is 422 g/mol. The maximum atomic E-state index is 12.8. The van der Waals surface area contributed by atoms with Gasteiger partial charge in [-0.1, -0.05) is 6.07 Å². The molecule has 9 heteroatoms. The Morgan fingerprint density at radius 2 is 2.00 bits per heavy atom. The molecule has 0 radical (unpaired) electrons. The fourth-order valence-electron chi connectivity index (χ4n) is 3.09. The third-order valence-electron chi connectivity index (χ3n) is 4.48. The number of ether oxygens (including phenoxy) is 1. The summed E-state index contributed by atoms with van der Waals surface area (Å²) in [6, 6.07) is 10.2. The van der Waals surface area contributed by atoms with E-state index in [9.17, 15) is 9.59 Å². The zero-order chi connectivity index (χ0) is 21.3. The second-order valence-electron chi connectivity index (χ2n) is 6.52. The molecule has 0 amide bonds. The number of hydrogen-bond donors (Lipinski definition) is 0. The Hall–Kier alpha value is -3.46. The molecule has 8 nitrogen and oxygen atoms in total. The lowest BCUT2D eigenvalue weighted by Gasteiger charge is -2.11. The molecule has 0 bridgehead atoms. The third kappa shape index (κ3) is 3.71. The Labute approximate surface area is 176 Å². The summed E-state index contributed by atoms with van der Waals surface area (Å²) in [6.07, 6.45) is 3.36. The van der Waals surface area contributed by atoms with E-state index in [1.807, 2.05) is 25.3 Å². The fraction of sp³-hybridized carbons (Fsp3) is 0.190. The molecule has 0 atom stereocenters. The quantitative estimate of drug-likeness (QED) is 0.274. The highest BCUT2D eigenvalue weighted by Crippen LogP contribution is 2.26. The lowest BCUT2D eigenvalue weighted by molar-refractivity contribution is 0.0461. The molecule has 4 heterocycles. The van der Waals surface area contributed by atoms with Crippen LogP contribution in [-0.2, 0) is 11.3 Å². The van der Waals surface area contributed by atoms with Gasteiger partial charge in [-0.2, -0.15) is 0 Å². The zero-order valence-electron chi connectivity index (χ0n) is 16.6. The van der Waals surface area contributed by atoms with E-state index in [0.717, 1.165) is 5.69 Å². The SMILES string of the molecule is CSc1nc(-c2ccco2)nc(C)c1C(=O)OCc1cc(=O)n2c(C)cccc2n1. The Kier molecular flexibility index (Phi) is 5.37. The van der Waals surface area contributed by atoms with E-state index in [-0.39, 0.29) is 17.7 Å². The number of aryl methyl sites for hydroxylation is 2. The molecule has 4 aromatic rings. The maximum Gasteiger partial charge on any atom is 0.343 e. The summed E-state index contributed by atoms with van der Waals surface area (Å²) in [5, 5.41) is 0.487. The van der Waals surface area contributed by atoms with Crippen LogP contribution < -0.4 is 5.56 Å². The molecular weight excluding hydrogens is 404 g/mol. The molecule has 0 aliphatic carbocycles. The lowest BCUT2D eigenvalue weighted by Crippen LogP contribution is -2.19. The van der Waals surface area contributed by atoms with E-state index >= 15 is 0 Å². The van der Waals surface area contributed by atoms with E-state index in [1.54, 1.807) is 25.1 Å². The monoisotopic (exact) mass is 422 g/mol. The van der Waals surface area contributed by atoms with E-state index in [1.165, 1.54) is 28.5 Å². The number of carbonyl (C=O) groups excluding carboxylic acids is 1. The molecule has 30 heavy (non-hydrogen) atoms. The number of carbonyl (C=O) groups is 1. The van der Waals surface area contributed by atoms with Crippen molar-refractivity contribution >= 4 is 23.4 Å². The predicted octanol–water partition coefficient (Wildman–Crippen LogP) is 3.44. The number of furan rings is 1. The first-order valence-electron chi connectivity index (χ1n) is 9.10. The molecular formula is C21H18N4O4S. The fourth-order valence-corrected chi connectivity index (χ4v) is 3.71. The van der Waals surface area contributed by atoms with Crippen LogP contribution in [0.25, 0.3) is 17.2 Å². The molecule has 4 rings (SSSR count). The average Bonchev–Trinajstić information content (AvgIpc) is 3.26. The van der Waals surface area contributed by atoms with Gasteiger partial charge >= 0.3 is 5.97 Å². The van der Waals surface area contributed by atoms with E-state index in [4.69, 9.17) is 9.15 Å². The van der Waals surface area contributed by atoms with Crippen molar-refractivity contribution in [3.8, 4) is 11.6 Å². The van der Waals surface area contributed by atoms with Crippen LogP contribution in [0, 0.1) is 13.8 Å². The number of aromatic nitrogens is 4.